The standard InChI is InChI=1S/C46H54N8O6/c1-59-45(57)49-23-38(55)53-17-5-3-7-36(53)43-47-21-34(51-43)31-16-14-30(40-26-9-10-27(19-26)41(31)40)29-13-15-32(42-28-12-11-25(28)20-33(29)42)35-22-48-44(52-35)37-8-4-6-18-54(37)39(56)24-50-46(58)60-2/h13-16,21-22,25-28,36-37H,3-12,17-20,23-24H2,1-2H3,(H,47,51)(H,48,52)(H,49,57)(H,50,58)/t25?,26?,27?,28?,36-,37-/m0/s1. The van der Waals surface area contributed by atoms with Crippen LogP contribution in [0.15, 0.2) is 36.7 Å². The highest BCUT2D eigenvalue weighted by atomic mass is 16.5. The first-order valence-corrected chi connectivity index (χ1v) is 22.0. The summed E-state index contributed by atoms with van der Waals surface area (Å²) in [5, 5.41) is 5.09. The Hall–Kier alpha value is -5.66. The number of piperidine rings is 2. The lowest BCUT2D eigenvalue weighted by molar-refractivity contribution is -0.134. The number of carbonyl (C=O) groups excluding carboxylic acids is 4. The molecule has 4 unspecified atom stereocenters. The minimum atomic E-state index is -0.616. The van der Waals surface area contributed by atoms with Gasteiger partial charge in [0.2, 0.25) is 11.8 Å². The quantitative estimate of drug-likeness (QED) is 0.136. The van der Waals surface area contributed by atoms with E-state index in [9.17, 15) is 19.2 Å². The van der Waals surface area contributed by atoms with Crippen molar-refractivity contribution < 1.29 is 28.7 Å². The van der Waals surface area contributed by atoms with Gasteiger partial charge in [-0.25, -0.2) is 19.6 Å². The lowest BCUT2D eigenvalue weighted by Gasteiger charge is -2.34. The minimum absolute atomic E-state index is 0.107. The van der Waals surface area contributed by atoms with E-state index in [1.165, 1.54) is 90.8 Å². The molecular formula is C46H54N8O6. The van der Waals surface area contributed by atoms with Crippen molar-refractivity contribution in [3.8, 4) is 33.6 Å². The first kappa shape index (κ1) is 38.5. The summed E-state index contributed by atoms with van der Waals surface area (Å²) in [5.41, 5.74) is 13.1. The van der Waals surface area contributed by atoms with Crippen molar-refractivity contribution in [2.24, 2.45) is 5.92 Å². The number of nitrogens with zero attached hydrogens (tertiary/aromatic N) is 4. The average molecular weight is 815 g/mol. The van der Waals surface area contributed by atoms with Gasteiger partial charge in [0.15, 0.2) is 0 Å². The lowest BCUT2D eigenvalue weighted by Crippen LogP contribution is -2.44. The van der Waals surface area contributed by atoms with E-state index >= 15 is 0 Å². The van der Waals surface area contributed by atoms with Gasteiger partial charge >= 0.3 is 12.2 Å². The Morgan fingerprint density at radius 3 is 1.70 bits per heavy atom. The smallest absolute Gasteiger partial charge is 0.407 e. The fourth-order valence-electron chi connectivity index (χ4n) is 11.7. The van der Waals surface area contributed by atoms with Crippen LogP contribution >= 0.6 is 0 Å². The summed E-state index contributed by atoms with van der Waals surface area (Å²) in [6.07, 6.45) is 15.3. The Morgan fingerprint density at radius 1 is 0.650 bits per heavy atom. The number of hydrogen-bond donors (Lipinski definition) is 4. The maximum Gasteiger partial charge on any atom is 0.407 e. The third-order valence-corrected chi connectivity index (χ3v) is 14.6. The molecule has 2 aliphatic heterocycles. The number of likely N-dealkylation sites (tertiary alicyclic amines) is 2. The molecule has 4 N–H and O–H groups in total. The Labute approximate surface area is 349 Å². The van der Waals surface area contributed by atoms with Gasteiger partial charge < -0.3 is 39.9 Å². The second-order valence-electron chi connectivity index (χ2n) is 17.6. The van der Waals surface area contributed by atoms with E-state index < -0.39 is 12.2 Å². The number of carbonyl (C=O) groups is 4. The molecule has 2 bridgehead atoms. The summed E-state index contributed by atoms with van der Waals surface area (Å²) in [6, 6.07) is 8.98. The largest absolute Gasteiger partial charge is 0.453 e. The van der Waals surface area contributed by atoms with Crippen molar-refractivity contribution in [1.82, 2.24) is 40.4 Å². The molecule has 4 heterocycles. The molecule has 0 radical (unpaired) electrons. The van der Waals surface area contributed by atoms with Gasteiger partial charge in [0, 0.05) is 24.2 Å². The second-order valence-corrected chi connectivity index (χ2v) is 17.6. The van der Waals surface area contributed by atoms with Crippen LogP contribution in [0.5, 0.6) is 0 Å². The first-order valence-electron chi connectivity index (χ1n) is 22.0. The van der Waals surface area contributed by atoms with Crippen LogP contribution in [0.25, 0.3) is 33.6 Å². The van der Waals surface area contributed by atoms with Crippen molar-refractivity contribution in [2.75, 3.05) is 40.4 Å². The molecule has 4 fully saturated rings. The molecule has 314 valence electrons. The fourth-order valence-corrected chi connectivity index (χ4v) is 11.7. The van der Waals surface area contributed by atoms with Gasteiger partial charge in [0.05, 0.1) is 50.1 Å². The number of aromatic amines is 2. The predicted molar refractivity (Wildman–Crippen MR) is 223 cm³/mol. The van der Waals surface area contributed by atoms with Crippen LogP contribution in [0, 0.1) is 5.92 Å². The van der Waals surface area contributed by atoms with Crippen LogP contribution in [-0.2, 0) is 25.5 Å². The summed E-state index contributed by atoms with van der Waals surface area (Å²) >= 11 is 0. The number of alkyl carbamates (subject to hydrolysis) is 2. The summed E-state index contributed by atoms with van der Waals surface area (Å²) in [6.45, 7) is 1.04. The van der Waals surface area contributed by atoms with Crippen molar-refractivity contribution in [2.45, 2.75) is 107 Å². The van der Waals surface area contributed by atoms with Gasteiger partial charge in [-0.3, -0.25) is 9.59 Å². The van der Waals surface area contributed by atoms with Gasteiger partial charge in [-0.2, -0.15) is 0 Å². The maximum absolute atomic E-state index is 13.2. The van der Waals surface area contributed by atoms with E-state index in [0.29, 0.717) is 36.8 Å². The average Bonchev–Trinajstić information content (AvgIpc) is 4.14. The zero-order chi connectivity index (χ0) is 41.1. The highest BCUT2D eigenvalue weighted by molar-refractivity contribution is 5.86. The number of aromatic nitrogens is 4. The molecule has 6 atom stereocenters. The molecule has 2 aromatic carbocycles. The highest BCUT2D eigenvalue weighted by Crippen LogP contribution is 2.61. The molecule has 60 heavy (non-hydrogen) atoms. The highest BCUT2D eigenvalue weighted by Gasteiger charge is 2.45. The molecule has 10 rings (SSSR count). The van der Waals surface area contributed by atoms with Gasteiger partial charge in [-0.05, 0) is 134 Å². The van der Waals surface area contributed by atoms with Crippen molar-refractivity contribution in [3.63, 3.8) is 0 Å². The number of H-pyrrole nitrogens is 2. The molecule has 2 saturated carbocycles. The van der Waals surface area contributed by atoms with Crippen molar-refractivity contribution in [1.29, 1.82) is 0 Å². The van der Waals surface area contributed by atoms with E-state index in [0.717, 1.165) is 68.0 Å². The van der Waals surface area contributed by atoms with E-state index in [1.807, 2.05) is 22.2 Å². The fraction of sp³-hybridized carbons (Fsp3) is 0.522. The number of rotatable bonds is 9. The zero-order valence-corrected chi connectivity index (χ0v) is 34.5. The Kier molecular flexibility index (Phi) is 10.1. The molecule has 2 aromatic heterocycles. The Morgan fingerprint density at radius 2 is 1.17 bits per heavy atom. The SMILES string of the molecule is COC(=O)NCC(=O)N1CCCC[C@H]1c1ncc(-c2ccc(-c3ccc(-c4cnc([C@@H]5CCCCN5C(=O)CNC(=O)OC)[nH]4)c4c3CC3CCC43)c3c2C2CCC3C2)[nH]1. The van der Waals surface area contributed by atoms with Crippen LogP contribution in [0.2, 0.25) is 0 Å². The second kappa shape index (κ2) is 15.7. The Balaban J connectivity index is 0.959. The third-order valence-electron chi connectivity index (χ3n) is 14.6. The normalized spacial score (nSPS) is 24.9. The molecule has 2 saturated heterocycles. The van der Waals surface area contributed by atoms with Crippen molar-refractivity contribution in [3.05, 3.63) is 70.6 Å². The van der Waals surface area contributed by atoms with Gasteiger partial charge in [-0.15, -0.1) is 0 Å². The molecule has 6 aliphatic rings. The minimum Gasteiger partial charge on any atom is -0.453 e. The molecule has 0 spiro atoms. The Bertz CT molecular complexity index is 2350. The summed E-state index contributed by atoms with van der Waals surface area (Å²) < 4.78 is 9.36. The van der Waals surface area contributed by atoms with Crippen LogP contribution in [0.4, 0.5) is 9.59 Å². The molecule has 4 aromatic rings. The predicted octanol–water partition coefficient (Wildman–Crippen LogP) is 7.37. The molecule has 4 aliphatic carbocycles. The van der Waals surface area contributed by atoms with E-state index in [2.05, 4.69) is 54.3 Å². The lowest BCUT2D eigenvalue weighted by atomic mass is 9.73. The molecule has 14 nitrogen and oxygen atoms in total. The van der Waals surface area contributed by atoms with Crippen LogP contribution < -0.4 is 10.6 Å². The van der Waals surface area contributed by atoms with Crippen LogP contribution in [0.1, 0.15) is 134 Å². The first-order chi connectivity index (χ1) is 29.3. The van der Waals surface area contributed by atoms with Crippen LogP contribution in [0.3, 0.4) is 0 Å². The number of methoxy groups -OCH3 is 2. The number of nitrogens with one attached hydrogen (secondary N) is 4. The summed E-state index contributed by atoms with van der Waals surface area (Å²) in [4.78, 5) is 70.7. The zero-order valence-electron chi connectivity index (χ0n) is 34.5. The number of fused-ring (bicyclic) bond motifs is 8. The third kappa shape index (κ3) is 6.62. The maximum atomic E-state index is 13.2. The summed E-state index contributed by atoms with van der Waals surface area (Å²) in [7, 11) is 2.59. The van der Waals surface area contributed by atoms with Crippen LogP contribution in [-0.4, -0.2) is 94.1 Å². The topological polar surface area (TPSA) is 175 Å². The van der Waals surface area contributed by atoms with Gasteiger partial charge in [-0.1, -0.05) is 24.3 Å². The van der Waals surface area contributed by atoms with E-state index in [4.69, 9.17) is 9.97 Å². The summed E-state index contributed by atoms with van der Waals surface area (Å²) in [5.74, 6) is 3.55. The number of benzene rings is 2. The molecule has 4 amide bonds. The van der Waals surface area contributed by atoms with E-state index in [-0.39, 0.29) is 37.0 Å². The molecular weight excluding hydrogens is 761 g/mol. The van der Waals surface area contributed by atoms with Gasteiger partial charge in [0.1, 0.15) is 24.7 Å². The number of ether oxygens (including phenoxy) is 2. The van der Waals surface area contributed by atoms with E-state index in [1.54, 1.807) is 0 Å². The monoisotopic (exact) mass is 814 g/mol. The van der Waals surface area contributed by atoms with Gasteiger partial charge in [0.25, 0.3) is 0 Å². The number of hydrogen-bond acceptors (Lipinski definition) is 8. The molecule has 14 heteroatoms. The number of amides is 4. The van der Waals surface area contributed by atoms with Crippen molar-refractivity contribution >= 4 is 24.0 Å². The number of imidazole rings is 2.